The van der Waals surface area contributed by atoms with Gasteiger partial charge in [-0.3, -0.25) is 9.59 Å². The molecule has 130 valence electrons. The third-order valence-corrected chi connectivity index (χ3v) is 4.41. The number of nitrogens with one attached hydrogen (secondary N) is 1. The number of nitrogens with zero attached hydrogens (tertiary/aromatic N) is 5. The molecule has 0 bridgehead atoms. The highest BCUT2D eigenvalue weighted by atomic mass is 16.2. The Morgan fingerprint density at radius 2 is 2.12 bits per heavy atom. The van der Waals surface area contributed by atoms with E-state index in [1.807, 2.05) is 24.3 Å². The number of rotatable bonds is 3. The van der Waals surface area contributed by atoms with Crippen LogP contribution in [0.25, 0.3) is 5.82 Å². The molecule has 26 heavy (non-hydrogen) atoms. The summed E-state index contributed by atoms with van der Waals surface area (Å²) in [5.74, 6) is -0.478. The molecule has 3 heterocycles. The summed E-state index contributed by atoms with van der Waals surface area (Å²) in [6, 6.07) is 9.19. The summed E-state index contributed by atoms with van der Waals surface area (Å²) in [5.41, 5.74) is 2.01. The minimum atomic E-state index is -0.569. The lowest BCUT2D eigenvalue weighted by Crippen LogP contribution is -2.37. The second-order valence-corrected chi connectivity index (χ2v) is 5.97. The van der Waals surface area contributed by atoms with E-state index in [0.29, 0.717) is 11.5 Å². The molecule has 8 nitrogen and oxygen atoms in total. The van der Waals surface area contributed by atoms with Crippen molar-refractivity contribution in [3.05, 3.63) is 60.8 Å². The van der Waals surface area contributed by atoms with Crippen LogP contribution in [-0.2, 0) is 9.59 Å². The molecular weight excluding hydrogens is 332 g/mol. The average molecular weight is 348 g/mol. The van der Waals surface area contributed by atoms with Gasteiger partial charge in [0.2, 0.25) is 11.8 Å². The summed E-state index contributed by atoms with van der Waals surface area (Å²) < 4.78 is 1.55. The zero-order valence-corrected chi connectivity index (χ0v) is 14.0. The number of para-hydroxylation sites is 1. The van der Waals surface area contributed by atoms with E-state index < -0.39 is 5.92 Å². The Hall–Kier alpha value is -3.55. The zero-order valence-electron chi connectivity index (χ0n) is 14.0. The number of fused-ring (bicyclic) bond motifs is 1. The van der Waals surface area contributed by atoms with Crippen LogP contribution >= 0.6 is 0 Å². The number of carbonyl (C=O) groups excluding carboxylic acids is 2. The van der Waals surface area contributed by atoms with Crippen molar-refractivity contribution in [3.63, 3.8) is 0 Å². The molecule has 2 aromatic heterocycles. The van der Waals surface area contributed by atoms with Gasteiger partial charge in [0, 0.05) is 31.5 Å². The van der Waals surface area contributed by atoms with E-state index in [1.54, 1.807) is 35.1 Å². The van der Waals surface area contributed by atoms with Gasteiger partial charge in [-0.1, -0.05) is 18.2 Å². The largest absolute Gasteiger partial charge is 0.321 e. The molecule has 4 rings (SSSR count). The lowest BCUT2D eigenvalue weighted by Gasteiger charge is -2.30. The van der Waals surface area contributed by atoms with Gasteiger partial charge in [-0.15, -0.1) is 0 Å². The highest BCUT2D eigenvalue weighted by Crippen LogP contribution is 2.35. The van der Waals surface area contributed by atoms with Crippen molar-refractivity contribution in [2.75, 3.05) is 17.3 Å². The van der Waals surface area contributed by atoms with Crippen LogP contribution in [0.1, 0.15) is 17.9 Å². The lowest BCUT2D eigenvalue weighted by molar-refractivity contribution is -0.124. The van der Waals surface area contributed by atoms with E-state index in [4.69, 9.17) is 0 Å². The van der Waals surface area contributed by atoms with Crippen LogP contribution in [0, 0.1) is 0 Å². The summed E-state index contributed by atoms with van der Waals surface area (Å²) in [6.45, 7) is 0. The lowest BCUT2D eigenvalue weighted by atomic mass is 9.89. The first-order valence-corrected chi connectivity index (χ1v) is 8.11. The maximum absolute atomic E-state index is 12.9. The smallest absolute Gasteiger partial charge is 0.232 e. The first-order valence-electron chi connectivity index (χ1n) is 8.11. The number of anilines is 2. The molecule has 1 aliphatic heterocycles. The molecular formula is C18H16N6O2. The molecule has 1 atom stereocenters. The van der Waals surface area contributed by atoms with Crippen LogP contribution in [0.2, 0.25) is 0 Å². The van der Waals surface area contributed by atoms with E-state index in [2.05, 4.69) is 20.4 Å². The Kier molecular flexibility index (Phi) is 3.92. The van der Waals surface area contributed by atoms with Crippen LogP contribution in [-0.4, -0.2) is 38.6 Å². The van der Waals surface area contributed by atoms with Crippen molar-refractivity contribution in [3.8, 4) is 5.82 Å². The Morgan fingerprint density at radius 3 is 2.92 bits per heavy atom. The molecule has 1 N–H and O–H groups in total. The van der Waals surface area contributed by atoms with Gasteiger partial charge < -0.3 is 10.2 Å². The standard InChI is InChI=1S/C18H16N6O2/c1-23-15-6-3-2-5-12(15)13(9-16(23)25)18(26)22-14-10-19-11-20-17(14)24-8-4-7-21-24/h2-8,10-11,13H,9H2,1H3,(H,22,26)/t13-/m0/s1. The van der Waals surface area contributed by atoms with Crippen molar-refractivity contribution < 1.29 is 9.59 Å². The van der Waals surface area contributed by atoms with E-state index in [1.165, 1.54) is 12.5 Å². The zero-order chi connectivity index (χ0) is 18.1. The fourth-order valence-corrected chi connectivity index (χ4v) is 3.09. The van der Waals surface area contributed by atoms with Gasteiger partial charge in [-0.05, 0) is 17.7 Å². The van der Waals surface area contributed by atoms with Crippen LogP contribution in [0.5, 0.6) is 0 Å². The molecule has 2 amide bonds. The monoisotopic (exact) mass is 348 g/mol. The van der Waals surface area contributed by atoms with Crippen molar-refractivity contribution in [2.45, 2.75) is 12.3 Å². The van der Waals surface area contributed by atoms with Crippen molar-refractivity contribution >= 4 is 23.2 Å². The molecule has 0 radical (unpaired) electrons. The number of benzene rings is 1. The third-order valence-electron chi connectivity index (χ3n) is 4.41. The normalized spacial score (nSPS) is 16.3. The number of carbonyl (C=O) groups is 2. The predicted octanol–water partition coefficient (Wildman–Crippen LogP) is 1.75. The molecule has 0 spiro atoms. The maximum Gasteiger partial charge on any atom is 0.232 e. The van der Waals surface area contributed by atoms with Crippen LogP contribution in [0.4, 0.5) is 11.4 Å². The van der Waals surface area contributed by atoms with Gasteiger partial charge in [-0.2, -0.15) is 5.10 Å². The molecule has 0 aliphatic carbocycles. The summed E-state index contributed by atoms with van der Waals surface area (Å²) in [6.07, 6.45) is 6.38. The second kappa shape index (κ2) is 6.40. The van der Waals surface area contributed by atoms with Crippen molar-refractivity contribution in [1.29, 1.82) is 0 Å². The van der Waals surface area contributed by atoms with E-state index in [-0.39, 0.29) is 18.2 Å². The molecule has 0 saturated heterocycles. The number of amides is 2. The topological polar surface area (TPSA) is 93.0 Å². The van der Waals surface area contributed by atoms with E-state index in [0.717, 1.165) is 11.3 Å². The summed E-state index contributed by atoms with van der Waals surface area (Å²) in [4.78, 5) is 35.0. The molecule has 0 unspecified atom stereocenters. The van der Waals surface area contributed by atoms with Crippen LogP contribution in [0.3, 0.4) is 0 Å². The first kappa shape index (κ1) is 15.9. The summed E-state index contributed by atoms with van der Waals surface area (Å²) >= 11 is 0. The average Bonchev–Trinajstić information content (AvgIpc) is 3.19. The highest BCUT2D eigenvalue weighted by Gasteiger charge is 2.33. The minimum absolute atomic E-state index is 0.0968. The SMILES string of the molecule is CN1C(=O)C[C@H](C(=O)Nc2cncnc2-n2cccn2)c2ccccc21. The highest BCUT2D eigenvalue weighted by molar-refractivity contribution is 6.06. The van der Waals surface area contributed by atoms with E-state index in [9.17, 15) is 9.59 Å². The van der Waals surface area contributed by atoms with Crippen LogP contribution in [0.15, 0.2) is 55.2 Å². The van der Waals surface area contributed by atoms with Crippen molar-refractivity contribution in [1.82, 2.24) is 19.7 Å². The fraction of sp³-hybridized carbons (Fsp3) is 0.167. The van der Waals surface area contributed by atoms with Gasteiger partial charge >= 0.3 is 0 Å². The molecule has 3 aromatic rings. The summed E-state index contributed by atoms with van der Waals surface area (Å²) in [5, 5.41) is 6.99. The third kappa shape index (κ3) is 2.71. The molecule has 0 saturated carbocycles. The second-order valence-electron chi connectivity index (χ2n) is 5.97. The molecule has 1 aromatic carbocycles. The predicted molar refractivity (Wildman–Crippen MR) is 95.0 cm³/mol. The number of hydrogen-bond acceptors (Lipinski definition) is 5. The first-order chi connectivity index (χ1) is 12.6. The van der Waals surface area contributed by atoms with Gasteiger partial charge in [0.15, 0.2) is 5.82 Å². The van der Waals surface area contributed by atoms with E-state index >= 15 is 0 Å². The Labute approximate surface area is 149 Å². The molecule has 0 fully saturated rings. The van der Waals surface area contributed by atoms with Gasteiger partial charge in [0.05, 0.1) is 12.1 Å². The number of hydrogen-bond donors (Lipinski definition) is 1. The quantitative estimate of drug-likeness (QED) is 0.778. The molecule has 1 aliphatic rings. The molecule has 8 heteroatoms. The van der Waals surface area contributed by atoms with Gasteiger partial charge in [0.25, 0.3) is 0 Å². The number of aromatic nitrogens is 4. The van der Waals surface area contributed by atoms with Crippen molar-refractivity contribution in [2.24, 2.45) is 0 Å². The summed E-state index contributed by atoms with van der Waals surface area (Å²) in [7, 11) is 1.72. The minimum Gasteiger partial charge on any atom is -0.321 e. The Balaban J connectivity index is 1.66. The Bertz CT molecular complexity index is 969. The fourth-order valence-electron chi connectivity index (χ4n) is 3.09. The van der Waals surface area contributed by atoms with Crippen LogP contribution < -0.4 is 10.2 Å². The Morgan fingerprint density at radius 1 is 1.27 bits per heavy atom. The van der Waals surface area contributed by atoms with Gasteiger partial charge in [-0.25, -0.2) is 14.6 Å². The van der Waals surface area contributed by atoms with Gasteiger partial charge in [0.1, 0.15) is 12.0 Å². The maximum atomic E-state index is 12.9.